The van der Waals surface area contributed by atoms with Gasteiger partial charge in [0.05, 0.1) is 17.4 Å². The zero-order chi connectivity index (χ0) is 28.4. The average molecular weight is 550 g/mol. The zero-order valence-electron chi connectivity index (χ0n) is 22.2. The van der Waals surface area contributed by atoms with Gasteiger partial charge in [0.15, 0.2) is 17.4 Å². The Hall–Kier alpha value is -4.05. The van der Waals surface area contributed by atoms with E-state index in [1.807, 2.05) is 6.07 Å². The van der Waals surface area contributed by atoms with Crippen LogP contribution in [-0.4, -0.2) is 40.4 Å². The van der Waals surface area contributed by atoms with E-state index in [1.54, 1.807) is 19.4 Å². The lowest BCUT2D eigenvalue weighted by Gasteiger charge is -2.32. The van der Waals surface area contributed by atoms with Crippen molar-refractivity contribution < 1.29 is 22.7 Å². The predicted molar refractivity (Wildman–Crippen MR) is 147 cm³/mol. The molecule has 0 saturated heterocycles. The highest BCUT2D eigenvalue weighted by Crippen LogP contribution is 2.37. The molecule has 1 saturated carbocycles. The Balaban J connectivity index is 1.45. The van der Waals surface area contributed by atoms with Gasteiger partial charge in [-0.25, -0.2) is 9.37 Å². The smallest absolute Gasteiger partial charge is 0.387 e. The Labute approximate surface area is 230 Å². The maximum Gasteiger partial charge on any atom is 0.387 e. The summed E-state index contributed by atoms with van der Waals surface area (Å²) in [5, 5.41) is 0.126. The van der Waals surface area contributed by atoms with Crippen molar-refractivity contribution in [3.8, 4) is 5.75 Å². The number of hydrogen-bond acceptors (Lipinski definition) is 7. The Morgan fingerprint density at radius 3 is 2.73 bits per heavy atom. The van der Waals surface area contributed by atoms with Gasteiger partial charge in [-0.05, 0) is 78.6 Å². The minimum Gasteiger partial charge on any atom is -0.431 e. The van der Waals surface area contributed by atoms with E-state index >= 15 is 4.39 Å². The molecule has 4 aromatic rings. The van der Waals surface area contributed by atoms with Gasteiger partial charge in [-0.2, -0.15) is 8.78 Å². The monoisotopic (exact) mass is 549 g/mol. The summed E-state index contributed by atoms with van der Waals surface area (Å²) >= 11 is 0. The lowest BCUT2D eigenvalue weighted by atomic mass is 9.75. The summed E-state index contributed by atoms with van der Waals surface area (Å²) in [4.78, 5) is 27.9. The van der Waals surface area contributed by atoms with Crippen LogP contribution in [-0.2, 0) is 6.42 Å². The van der Waals surface area contributed by atoms with Crippen LogP contribution in [0.15, 0.2) is 61.2 Å². The molecule has 0 spiro atoms. The number of benzene rings is 1. The van der Waals surface area contributed by atoms with Gasteiger partial charge in [0, 0.05) is 49.1 Å². The lowest BCUT2D eigenvalue weighted by molar-refractivity contribution is -0.0496. The fourth-order valence-electron chi connectivity index (χ4n) is 5.69. The molecule has 10 heteroatoms. The van der Waals surface area contributed by atoms with E-state index in [9.17, 15) is 13.6 Å². The molecule has 0 amide bonds. The quantitative estimate of drug-likeness (QED) is 0.262. The fourth-order valence-corrected chi connectivity index (χ4v) is 5.69. The third-order valence-corrected chi connectivity index (χ3v) is 7.47. The largest absolute Gasteiger partial charge is 0.431 e. The number of aromatic nitrogens is 3. The normalized spacial score (nSPS) is 19.1. The highest BCUT2D eigenvalue weighted by molar-refractivity contribution is 6.08. The minimum atomic E-state index is -3.03. The van der Waals surface area contributed by atoms with Crippen molar-refractivity contribution in [3.05, 3.63) is 83.7 Å². The van der Waals surface area contributed by atoms with Crippen LogP contribution >= 0.6 is 0 Å². The second kappa shape index (κ2) is 11.6. The van der Waals surface area contributed by atoms with Gasteiger partial charge in [0.2, 0.25) is 0 Å². The summed E-state index contributed by atoms with van der Waals surface area (Å²) in [5.41, 5.74) is 9.08. The van der Waals surface area contributed by atoms with Gasteiger partial charge in [-0.1, -0.05) is 6.92 Å². The molecule has 3 heterocycles. The predicted octanol–water partition coefficient (Wildman–Crippen LogP) is 6.19. The summed E-state index contributed by atoms with van der Waals surface area (Å²) in [6.45, 7) is -0.837. The molecule has 208 valence electrons. The van der Waals surface area contributed by atoms with Gasteiger partial charge in [-0.15, -0.1) is 0 Å². The van der Waals surface area contributed by atoms with E-state index in [4.69, 9.17) is 5.73 Å². The molecular formula is C30H30F3N5O2. The van der Waals surface area contributed by atoms with Gasteiger partial charge in [-0.3, -0.25) is 14.8 Å². The molecule has 0 unspecified atom stereocenters. The molecule has 3 atom stereocenters. The first-order chi connectivity index (χ1) is 19.2. The summed E-state index contributed by atoms with van der Waals surface area (Å²) in [6.07, 6.45) is 9.26. The number of nitrogens with zero attached hydrogens (tertiary/aromatic N) is 4. The van der Waals surface area contributed by atoms with Crippen molar-refractivity contribution in [2.75, 3.05) is 11.9 Å². The average Bonchev–Trinajstić information content (AvgIpc) is 2.92. The van der Waals surface area contributed by atoms with Crippen LogP contribution in [0.5, 0.6) is 5.75 Å². The fraction of sp³-hybridized carbons (Fsp3) is 0.333. The van der Waals surface area contributed by atoms with E-state index < -0.39 is 12.4 Å². The van der Waals surface area contributed by atoms with Crippen molar-refractivity contribution in [2.24, 2.45) is 11.7 Å². The highest BCUT2D eigenvalue weighted by Gasteiger charge is 2.28. The summed E-state index contributed by atoms with van der Waals surface area (Å²) in [6, 6.07) is 9.11. The molecule has 5 rings (SSSR count). The third-order valence-electron chi connectivity index (χ3n) is 7.47. The standard InChI is InChI=1S/C30H30F3N5O2/c1-17-10-18(12-20(34)11-17)22-7-9-35-15-19(22)13-26(39)23-5-6-25(31)24-14-21(16-37-28(23)24)38(2)29-27(40-30(32)33)4-3-8-36-29/h3-9,14-18,20,30H,10-13,34H2,1-2H3/t17-,18+,20-/m0/s1. The molecule has 1 aliphatic rings. The molecule has 1 fully saturated rings. The number of hydrogen-bond donors (Lipinski definition) is 1. The van der Waals surface area contributed by atoms with Crippen molar-refractivity contribution in [3.63, 3.8) is 0 Å². The number of nitrogens with two attached hydrogens (primary N) is 1. The van der Waals surface area contributed by atoms with Crippen LogP contribution in [0.4, 0.5) is 24.7 Å². The molecule has 3 aromatic heterocycles. The van der Waals surface area contributed by atoms with Gasteiger partial charge >= 0.3 is 6.61 Å². The summed E-state index contributed by atoms with van der Waals surface area (Å²) in [7, 11) is 1.58. The van der Waals surface area contributed by atoms with Crippen molar-refractivity contribution >= 4 is 28.2 Å². The van der Waals surface area contributed by atoms with Crippen LogP contribution in [0.3, 0.4) is 0 Å². The Bertz CT molecular complexity index is 1520. The number of pyridine rings is 3. The number of carbonyl (C=O) groups excluding carboxylic acids is 1. The molecule has 40 heavy (non-hydrogen) atoms. The highest BCUT2D eigenvalue weighted by atomic mass is 19.3. The number of carbonyl (C=O) groups is 1. The van der Waals surface area contributed by atoms with Gasteiger partial charge in [0.1, 0.15) is 5.82 Å². The topological polar surface area (TPSA) is 94.2 Å². The van der Waals surface area contributed by atoms with Crippen LogP contribution in [0, 0.1) is 11.7 Å². The van der Waals surface area contributed by atoms with E-state index in [-0.39, 0.29) is 52.2 Å². The van der Waals surface area contributed by atoms with E-state index in [0.717, 1.165) is 30.4 Å². The number of anilines is 2. The molecule has 1 aromatic carbocycles. The van der Waals surface area contributed by atoms with Crippen LogP contribution < -0.4 is 15.4 Å². The van der Waals surface area contributed by atoms with Crippen molar-refractivity contribution in [1.82, 2.24) is 15.0 Å². The molecule has 1 aliphatic carbocycles. The first kappa shape index (κ1) is 27.5. The minimum absolute atomic E-state index is 0.0929. The van der Waals surface area contributed by atoms with Crippen LogP contribution in [0.1, 0.15) is 53.6 Å². The Morgan fingerprint density at radius 2 is 1.95 bits per heavy atom. The lowest BCUT2D eigenvalue weighted by Crippen LogP contribution is -2.31. The zero-order valence-corrected chi connectivity index (χ0v) is 22.2. The number of alkyl halides is 2. The number of ether oxygens (including phenoxy) is 1. The van der Waals surface area contributed by atoms with Crippen LogP contribution in [0.25, 0.3) is 10.9 Å². The number of ketones is 1. The SMILES string of the molecule is C[C@@H]1C[C@H](N)C[C@H](c2ccncc2CC(=O)c2ccc(F)c3cc(N(C)c4ncccc4OC(F)F)cnc23)C1. The van der Waals surface area contributed by atoms with E-state index in [0.29, 0.717) is 11.6 Å². The number of Topliss-reactive ketones (excluding diaryl/α,β-unsaturated/α-hetero) is 1. The molecule has 7 nitrogen and oxygen atoms in total. The molecule has 0 aliphatic heterocycles. The van der Waals surface area contributed by atoms with Gasteiger partial charge < -0.3 is 15.4 Å². The van der Waals surface area contributed by atoms with Gasteiger partial charge in [0.25, 0.3) is 0 Å². The maximum atomic E-state index is 15.0. The van der Waals surface area contributed by atoms with Crippen molar-refractivity contribution in [2.45, 2.75) is 51.2 Å². The van der Waals surface area contributed by atoms with Crippen molar-refractivity contribution in [1.29, 1.82) is 0 Å². The second-order valence-electron chi connectivity index (χ2n) is 10.4. The number of rotatable bonds is 8. The van der Waals surface area contributed by atoms with Crippen LogP contribution in [0.2, 0.25) is 0 Å². The number of fused-ring (bicyclic) bond motifs is 1. The molecular weight excluding hydrogens is 519 g/mol. The molecule has 0 radical (unpaired) electrons. The Kier molecular flexibility index (Phi) is 7.97. The van der Waals surface area contributed by atoms with E-state index in [1.165, 1.54) is 47.6 Å². The summed E-state index contributed by atoms with van der Waals surface area (Å²) in [5.74, 6) is -0.0593. The third kappa shape index (κ3) is 5.77. The molecule has 2 N–H and O–H groups in total. The number of halogens is 3. The molecule has 0 bridgehead atoms. The first-order valence-corrected chi connectivity index (χ1v) is 13.1. The summed E-state index contributed by atoms with van der Waals surface area (Å²) < 4.78 is 45.4. The Morgan fingerprint density at radius 1 is 1.12 bits per heavy atom. The maximum absolute atomic E-state index is 15.0. The first-order valence-electron chi connectivity index (χ1n) is 13.1. The van der Waals surface area contributed by atoms with E-state index in [2.05, 4.69) is 26.6 Å². The second-order valence-corrected chi connectivity index (χ2v) is 10.4.